The zero-order valence-corrected chi connectivity index (χ0v) is 23.8. The summed E-state index contributed by atoms with van der Waals surface area (Å²) >= 11 is 7.65. The van der Waals surface area contributed by atoms with Gasteiger partial charge in [0.2, 0.25) is 6.36 Å². The van der Waals surface area contributed by atoms with E-state index in [4.69, 9.17) is 27.2 Å². The maximum Gasteiger partial charge on any atom is 0.265 e. The van der Waals surface area contributed by atoms with E-state index in [-0.39, 0.29) is 28.0 Å². The molecular formula is C29H22ClF3N6O2S. The summed E-state index contributed by atoms with van der Waals surface area (Å²) in [6.07, 6.45) is 0.0238. The Balaban J connectivity index is 1.61. The molecule has 0 radical (unpaired) electrons. The van der Waals surface area contributed by atoms with Gasteiger partial charge in [-0.25, -0.2) is 27.8 Å². The average molecular weight is 611 g/mol. The molecule has 0 spiro atoms. The Morgan fingerprint density at radius 2 is 1.93 bits per heavy atom. The minimum absolute atomic E-state index is 0.111. The second-order valence-electron chi connectivity index (χ2n) is 9.50. The van der Waals surface area contributed by atoms with E-state index in [0.29, 0.717) is 39.0 Å². The summed E-state index contributed by atoms with van der Waals surface area (Å²) in [6.45, 7) is 3.06. The number of benzene rings is 2. The number of nitrogens with two attached hydrogens (primary N) is 1. The number of thiazole rings is 1. The molecule has 214 valence electrons. The molecule has 1 unspecified atom stereocenters. The predicted molar refractivity (Wildman–Crippen MR) is 157 cm³/mol. The van der Waals surface area contributed by atoms with Crippen LogP contribution in [0.15, 0.2) is 65.0 Å². The topological polar surface area (TPSA) is 100 Å². The van der Waals surface area contributed by atoms with Crippen molar-refractivity contribution in [1.82, 2.24) is 24.1 Å². The molecule has 42 heavy (non-hydrogen) atoms. The Morgan fingerprint density at radius 1 is 1.12 bits per heavy atom. The van der Waals surface area contributed by atoms with Crippen LogP contribution in [-0.2, 0) is 0 Å². The van der Waals surface area contributed by atoms with Crippen LogP contribution in [0.1, 0.15) is 31.9 Å². The van der Waals surface area contributed by atoms with E-state index in [1.54, 1.807) is 16.1 Å². The maximum atomic E-state index is 14.9. The first-order valence-electron chi connectivity index (χ1n) is 12.9. The second-order valence-corrected chi connectivity index (χ2v) is 10.8. The lowest BCUT2D eigenvalue weighted by molar-refractivity contribution is 0.0815. The van der Waals surface area contributed by atoms with E-state index in [1.165, 1.54) is 58.5 Å². The van der Waals surface area contributed by atoms with Crippen molar-refractivity contribution in [2.75, 3.05) is 5.73 Å². The number of fused-ring (bicyclic) bond motifs is 2. The fourth-order valence-electron chi connectivity index (χ4n) is 5.11. The molecule has 6 rings (SSSR count). The highest BCUT2D eigenvalue weighted by Crippen LogP contribution is 2.38. The molecule has 0 bridgehead atoms. The van der Waals surface area contributed by atoms with E-state index in [1.807, 2.05) is 13.0 Å². The smallest absolute Gasteiger partial charge is 0.265 e. The zero-order chi connectivity index (χ0) is 29.7. The van der Waals surface area contributed by atoms with Crippen LogP contribution in [0.2, 0.25) is 5.15 Å². The first-order chi connectivity index (χ1) is 20.2. The number of hydrogen-bond acceptors (Lipinski definition) is 7. The number of rotatable bonds is 7. The SMILES string of the molecule is CC[C@@H](c1cc2scc(Cl)n2c(=O)c1-c1cccc(F)c1)n1nc(-c2ccc(OC(C)F)c(F)c2)c2c(N)ncnc21. The maximum absolute atomic E-state index is 14.9. The quantitative estimate of drug-likeness (QED) is 0.208. The van der Waals surface area contributed by atoms with Crippen LogP contribution in [0.3, 0.4) is 0 Å². The van der Waals surface area contributed by atoms with Crippen LogP contribution in [0, 0.1) is 11.6 Å². The molecule has 0 aliphatic heterocycles. The first kappa shape index (κ1) is 27.7. The molecule has 0 aliphatic rings. The van der Waals surface area contributed by atoms with E-state index < -0.39 is 29.6 Å². The summed E-state index contributed by atoms with van der Waals surface area (Å²) in [6, 6.07) is 11.0. The number of pyridine rings is 1. The van der Waals surface area contributed by atoms with Crippen molar-refractivity contribution in [3.63, 3.8) is 0 Å². The Bertz CT molecular complexity index is 2040. The molecule has 0 aliphatic carbocycles. The molecule has 6 aromatic rings. The number of nitrogen functional groups attached to an aromatic ring is 1. The summed E-state index contributed by atoms with van der Waals surface area (Å²) in [7, 11) is 0. The van der Waals surface area contributed by atoms with Gasteiger partial charge in [0.15, 0.2) is 17.2 Å². The molecule has 13 heteroatoms. The third kappa shape index (κ3) is 4.66. The average Bonchev–Trinajstić information content (AvgIpc) is 3.52. The molecule has 4 aromatic heterocycles. The summed E-state index contributed by atoms with van der Waals surface area (Å²) in [4.78, 5) is 23.0. The van der Waals surface area contributed by atoms with Crippen LogP contribution in [-0.4, -0.2) is 30.5 Å². The number of ether oxygens (including phenoxy) is 1. The third-order valence-corrected chi connectivity index (χ3v) is 8.15. The van der Waals surface area contributed by atoms with Crippen LogP contribution in [0.25, 0.3) is 38.2 Å². The van der Waals surface area contributed by atoms with Gasteiger partial charge in [0.1, 0.15) is 33.6 Å². The summed E-state index contributed by atoms with van der Waals surface area (Å²) < 4.78 is 50.5. The van der Waals surface area contributed by atoms with Crippen LogP contribution in [0.4, 0.5) is 19.0 Å². The molecule has 8 nitrogen and oxygen atoms in total. The van der Waals surface area contributed by atoms with Gasteiger partial charge in [-0.05, 0) is 53.9 Å². The molecule has 0 amide bonds. The van der Waals surface area contributed by atoms with Crippen LogP contribution >= 0.6 is 22.9 Å². The molecule has 2 aromatic carbocycles. The van der Waals surface area contributed by atoms with Gasteiger partial charge in [0.05, 0.1) is 17.0 Å². The molecule has 2 atom stereocenters. The molecular weight excluding hydrogens is 589 g/mol. The van der Waals surface area contributed by atoms with Crippen molar-refractivity contribution in [2.45, 2.75) is 32.7 Å². The lowest BCUT2D eigenvalue weighted by Gasteiger charge is -2.20. The predicted octanol–water partition coefficient (Wildman–Crippen LogP) is 7.04. The Labute approximate surface area is 245 Å². The Kier molecular flexibility index (Phi) is 7.11. The number of hydrogen-bond donors (Lipinski definition) is 1. The fraction of sp³-hybridized carbons (Fsp3) is 0.172. The largest absolute Gasteiger partial charge is 0.458 e. The van der Waals surface area contributed by atoms with Crippen molar-refractivity contribution in [3.05, 3.63) is 92.9 Å². The van der Waals surface area contributed by atoms with E-state index in [9.17, 15) is 18.0 Å². The lowest BCUT2D eigenvalue weighted by atomic mass is 9.95. The van der Waals surface area contributed by atoms with Crippen molar-refractivity contribution in [2.24, 2.45) is 0 Å². The highest BCUT2D eigenvalue weighted by atomic mass is 35.5. The van der Waals surface area contributed by atoms with Gasteiger partial charge in [0, 0.05) is 17.9 Å². The minimum Gasteiger partial charge on any atom is -0.458 e. The van der Waals surface area contributed by atoms with Gasteiger partial charge < -0.3 is 10.5 Å². The van der Waals surface area contributed by atoms with Crippen molar-refractivity contribution in [3.8, 4) is 28.1 Å². The highest BCUT2D eigenvalue weighted by Gasteiger charge is 2.28. The molecule has 0 saturated carbocycles. The Morgan fingerprint density at radius 3 is 2.64 bits per heavy atom. The van der Waals surface area contributed by atoms with Crippen molar-refractivity contribution >= 4 is 44.6 Å². The molecule has 4 heterocycles. The van der Waals surface area contributed by atoms with Crippen LogP contribution in [0.5, 0.6) is 5.75 Å². The normalized spacial score (nSPS) is 13.1. The van der Waals surface area contributed by atoms with E-state index in [0.717, 1.165) is 6.92 Å². The standard InChI is InChI=1S/C29H22ClF3N6O2S/c1-3-20(18-11-23-38(22(30)12-42-23)29(40)24(18)15-5-4-6-17(32)9-15)39-28-25(27(34)35-13-36-28)26(37-39)16-7-8-21(19(33)10-16)41-14(2)31/h4-14,20H,3H2,1-2H3,(H2,34,35,36)/t14?,20-/m0/s1. The van der Waals surface area contributed by atoms with E-state index >= 15 is 0 Å². The number of nitrogens with zero attached hydrogens (tertiary/aromatic N) is 5. The monoisotopic (exact) mass is 610 g/mol. The molecule has 2 N–H and O–H groups in total. The number of halogens is 4. The van der Waals surface area contributed by atoms with Gasteiger partial charge in [-0.3, -0.25) is 9.20 Å². The number of aromatic nitrogens is 5. The second kappa shape index (κ2) is 10.8. The highest BCUT2D eigenvalue weighted by molar-refractivity contribution is 7.16. The van der Waals surface area contributed by atoms with E-state index in [2.05, 4.69) is 9.97 Å². The van der Waals surface area contributed by atoms with Crippen LogP contribution < -0.4 is 16.0 Å². The summed E-state index contributed by atoms with van der Waals surface area (Å²) in [5, 5.41) is 7.07. The number of anilines is 1. The molecule has 0 fully saturated rings. The lowest BCUT2D eigenvalue weighted by Crippen LogP contribution is -2.21. The fourth-order valence-corrected chi connectivity index (χ4v) is 6.27. The van der Waals surface area contributed by atoms with Gasteiger partial charge in [-0.2, -0.15) is 5.10 Å². The van der Waals surface area contributed by atoms with Gasteiger partial charge in [-0.15, -0.1) is 11.3 Å². The van der Waals surface area contributed by atoms with Crippen molar-refractivity contribution in [1.29, 1.82) is 0 Å². The minimum atomic E-state index is -1.70. The third-order valence-electron chi connectivity index (χ3n) is 6.86. The van der Waals surface area contributed by atoms with Crippen molar-refractivity contribution < 1.29 is 17.9 Å². The molecule has 0 saturated heterocycles. The van der Waals surface area contributed by atoms with Gasteiger partial charge >= 0.3 is 0 Å². The van der Waals surface area contributed by atoms with Gasteiger partial charge in [0.25, 0.3) is 5.56 Å². The first-order valence-corrected chi connectivity index (χ1v) is 14.1. The number of alkyl halides is 1. The zero-order valence-electron chi connectivity index (χ0n) is 22.2. The Hall–Kier alpha value is -4.42. The summed E-state index contributed by atoms with van der Waals surface area (Å²) in [5.74, 6) is -1.43. The summed E-state index contributed by atoms with van der Waals surface area (Å²) in [5.41, 5.74) is 8.01. The van der Waals surface area contributed by atoms with Gasteiger partial charge in [-0.1, -0.05) is 30.7 Å².